The number of rotatable bonds is 3. The molecule has 2 atom stereocenters. The fourth-order valence-corrected chi connectivity index (χ4v) is 2.84. The summed E-state index contributed by atoms with van der Waals surface area (Å²) in [5, 5.41) is 0. The Labute approximate surface area is 120 Å². The van der Waals surface area contributed by atoms with E-state index in [2.05, 4.69) is 23.9 Å². The van der Waals surface area contributed by atoms with E-state index in [0.717, 1.165) is 26.1 Å². The molecule has 20 heavy (non-hydrogen) atoms. The average Bonchev–Trinajstić information content (AvgIpc) is 2.60. The molecule has 1 aromatic carbocycles. The number of hydrogen-bond donors (Lipinski definition) is 1. The summed E-state index contributed by atoms with van der Waals surface area (Å²) in [7, 11) is 5.61. The van der Waals surface area contributed by atoms with E-state index in [0.29, 0.717) is 5.56 Å². The number of ether oxygens (including phenoxy) is 1. The number of nitrogens with two attached hydrogens (primary N) is 1. The topological polar surface area (TPSA) is 41.7 Å². The first kappa shape index (κ1) is 15.2. The minimum Gasteiger partial charge on any atom is -0.494 e. The second-order valence-corrected chi connectivity index (χ2v) is 5.55. The standard InChI is InChI=1S/C15H24FN3O/c1-18-8-5-9-19(2)12(10-18)15(17)11-6-4-7-13(20-3)14(11)16/h4,6-7,12,15H,5,8-10,17H2,1-3H3. The highest BCUT2D eigenvalue weighted by molar-refractivity contribution is 5.33. The minimum atomic E-state index is -0.365. The molecule has 2 N–H and O–H groups in total. The molecule has 4 nitrogen and oxygen atoms in total. The summed E-state index contributed by atoms with van der Waals surface area (Å²) in [4.78, 5) is 4.49. The first-order chi connectivity index (χ1) is 9.54. The Balaban J connectivity index is 2.27. The molecule has 2 rings (SSSR count). The fourth-order valence-electron chi connectivity index (χ4n) is 2.84. The van der Waals surface area contributed by atoms with Gasteiger partial charge in [-0.3, -0.25) is 0 Å². The maximum atomic E-state index is 14.4. The SMILES string of the molecule is COc1cccc(C(N)C2CN(C)CCCN2C)c1F. The maximum absolute atomic E-state index is 14.4. The minimum absolute atomic E-state index is 0.101. The van der Waals surface area contributed by atoms with E-state index >= 15 is 0 Å². The van der Waals surface area contributed by atoms with E-state index in [-0.39, 0.29) is 23.7 Å². The van der Waals surface area contributed by atoms with Gasteiger partial charge >= 0.3 is 0 Å². The molecule has 112 valence electrons. The molecule has 0 aliphatic carbocycles. The molecule has 5 heteroatoms. The van der Waals surface area contributed by atoms with Crippen LogP contribution in [0.25, 0.3) is 0 Å². The highest BCUT2D eigenvalue weighted by atomic mass is 19.1. The Morgan fingerprint density at radius 1 is 1.35 bits per heavy atom. The van der Waals surface area contributed by atoms with Crippen molar-refractivity contribution in [2.75, 3.05) is 40.8 Å². The van der Waals surface area contributed by atoms with Crippen LogP contribution in [-0.2, 0) is 0 Å². The summed E-state index contributed by atoms with van der Waals surface area (Å²) in [5.41, 5.74) is 6.88. The van der Waals surface area contributed by atoms with E-state index in [1.807, 2.05) is 0 Å². The van der Waals surface area contributed by atoms with Crippen molar-refractivity contribution in [3.63, 3.8) is 0 Å². The molecule has 0 saturated carbocycles. The van der Waals surface area contributed by atoms with Crippen LogP contribution in [0.5, 0.6) is 5.75 Å². The first-order valence-electron chi connectivity index (χ1n) is 7.01. The van der Waals surface area contributed by atoms with Crippen LogP contribution in [0.3, 0.4) is 0 Å². The molecule has 1 aliphatic heterocycles. The third kappa shape index (κ3) is 3.11. The third-order valence-corrected chi connectivity index (χ3v) is 4.10. The molecular formula is C15H24FN3O. The monoisotopic (exact) mass is 281 g/mol. The Hall–Kier alpha value is -1.17. The third-order valence-electron chi connectivity index (χ3n) is 4.10. The van der Waals surface area contributed by atoms with E-state index in [1.165, 1.54) is 7.11 Å². The maximum Gasteiger partial charge on any atom is 0.169 e. The molecule has 0 spiro atoms. The van der Waals surface area contributed by atoms with Crippen molar-refractivity contribution in [2.45, 2.75) is 18.5 Å². The van der Waals surface area contributed by atoms with Crippen molar-refractivity contribution in [1.82, 2.24) is 9.80 Å². The van der Waals surface area contributed by atoms with Gasteiger partial charge in [-0.2, -0.15) is 0 Å². The van der Waals surface area contributed by atoms with E-state index < -0.39 is 0 Å². The number of halogens is 1. The van der Waals surface area contributed by atoms with Gasteiger partial charge in [-0.15, -0.1) is 0 Å². The zero-order chi connectivity index (χ0) is 14.7. The van der Waals surface area contributed by atoms with Gasteiger partial charge < -0.3 is 20.3 Å². The van der Waals surface area contributed by atoms with Gasteiger partial charge in [-0.25, -0.2) is 4.39 Å². The predicted molar refractivity (Wildman–Crippen MR) is 78.4 cm³/mol. The normalized spacial score (nSPS) is 23.4. The van der Waals surface area contributed by atoms with Gasteiger partial charge in [0.15, 0.2) is 11.6 Å². The second-order valence-electron chi connectivity index (χ2n) is 5.55. The summed E-state index contributed by atoms with van der Waals surface area (Å²) < 4.78 is 19.4. The van der Waals surface area contributed by atoms with Gasteiger partial charge in [-0.05, 0) is 39.7 Å². The predicted octanol–water partition coefficient (Wildman–Crippen LogP) is 1.47. The van der Waals surface area contributed by atoms with Crippen molar-refractivity contribution >= 4 is 0 Å². The lowest BCUT2D eigenvalue weighted by Gasteiger charge is -2.32. The highest BCUT2D eigenvalue weighted by Crippen LogP contribution is 2.28. The van der Waals surface area contributed by atoms with E-state index in [4.69, 9.17) is 10.5 Å². The second kappa shape index (κ2) is 6.52. The molecule has 1 saturated heterocycles. The lowest BCUT2D eigenvalue weighted by Crippen LogP contribution is -2.45. The first-order valence-corrected chi connectivity index (χ1v) is 7.01. The molecular weight excluding hydrogens is 257 g/mol. The molecule has 0 bridgehead atoms. The van der Waals surface area contributed by atoms with Crippen LogP contribution >= 0.6 is 0 Å². The van der Waals surface area contributed by atoms with Gasteiger partial charge in [0.25, 0.3) is 0 Å². The van der Waals surface area contributed by atoms with Gasteiger partial charge in [-0.1, -0.05) is 12.1 Å². The molecule has 2 unspecified atom stereocenters. The highest BCUT2D eigenvalue weighted by Gasteiger charge is 2.29. The molecule has 0 radical (unpaired) electrons. The van der Waals surface area contributed by atoms with E-state index in [1.54, 1.807) is 18.2 Å². The van der Waals surface area contributed by atoms with Crippen LogP contribution < -0.4 is 10.5 Å². The van der Waals surface area contributed by atoms with Crippen LogP contribution in [0.1, 0.15) is 18.0 Å². The van der Waals surface area contributed by atoms with Crippen molar-refractivity contribution < 1.29 is 9.13 Å². The molecule has 1 heterocycles. The number of nitrogens with zero attached hydrogens (tertiary/aromatic N) is 2. The van der Waals surface area contributed by atoms with Crippen LogP contribution in [0.15, 0.2) is 18.2 Å². The Bertz CT molecular complexity index is 455. The van der Waals surface area contributed by atoms with Crippen molar-refractivity contribution in [3.05, 3.63) is 29.6 Å². The van der Waals surface area contributed by atoms with Gasteiger partial charge in [0.1, 0.15) is 0 Å². The molecule has 1 aromatic rings. The van der Waals surface area contributed by atoms with Crippen molar-refractivity contribution in [1.29, 1.82) is 0 Å². The van der Waals surface area contributed by atoms with Gasteiger partial charge in [0.2, 0.25) is 0 Å². The number of methoxy groups -OCH3 is 1. The molecule has 1 fully saturated rings. The van der Waals surface area contributed by atoms with Crippen LogP contribution in [0.2, 0.25) is 0 Å². The summed E-state index contributed by atoms with van der Waals surface area (Å²) in [5.74, 6) is -0.0922. The number of likely N-dealkylation sites (N-methyl/N-ethyl adjacent to an activating group) is 2. The van der Waals surface area contributed by atoms with Crippen LogP contribution in [0.4, 0.5) is 4.39 Å². The zero-order valence-electron chi connectivity index (χ0n) is 12.5. The van der Waals surface area contributed by atoms with E-state index in [9.17, 15) is 4.39 Å². The molecule has 0 aromatic heterocycles. The summed E-state index contributed by atoms with van der Waals surface area (Å²) in [6.07, 6.45) is 1.11. The fraction of sp³-hybridized carbons (Fsp3) is 0.600. The number of hydrogen-bond acceptors (Lipinski definition) is 4. The Morgan fingerprint density at radius 3 is 2.80 bits per heavy atom. The summed E-state index contributed by atoms with van der Waals surface area (Å²) in [6, 6.07) is 4.90. The van der Waals surface area contributed by atoms with Crippen LogP contribution in [0, 0.1) is 5.82 Å². The van der Waals surface area contributed by atoms with Gasteiger partial charge in [0, 0.05) is 24.2 Å². The molecule has 1 aliphatic rings. The van der Waals surface area contributed by atoms with Gasteiger partial charge in [0.05, 0.1) is 7.11 Å². The van der Waals surface area contributed by atoms with Crippen molar-refractivity contribution in [2.24, 2.45) is 5.73 Å². The lowest BCUT2D eigenvalue weighted by atomic mass is 9.98. The summed E-state index contributed by atoms with van der Waals surface area (Å²) in [6.45, 7) is 2.87. The smallest absolute Gasteiger partial charge is 0.169 e. The zero-order valence-corrected chi connectivity index (χ0v) is 12.5. The van der Waals surface area contributed by atoms with Crippen LogP contribution in [-0.4, -0.2) is 56.7 Å². The Kier molecular flexibility index (Phi) is 4.96. The largest absolute Gasteiger partial charge is 0.494 e. The summed E-state index contributed by atoms with van der Waals surface area (Å²) >= 11 is 0. The molecule has 0 amide bonds. The lowest BCUT2D eigenvalue weighted by molar-refractivity contribution is 0.194. The number of benzene rings is 1. The average molecular weight is 281 g/mol. The Morgan fingerprint density at radius 2 is 2.10 bits per heavy atom. The quantitative estimate of drug-likeness (QED) is 0.911. The van der Waals surface area contributed by atoms with Crippen molar-refractivity contribution in [3.8, 4) is 5.75 Å².